The average Bonchev–Trinajstić information content (AvgIpc) is 2.91. The van der Waals surface area contributed by atoms with Crippen molar-refractivity contribution in [3.05, 3.63) is 34.5 Å². The number of aromatic nitrogens is 3. The third kappa shape index (κ3) is 3.05. The van der Waals surface area contributed by atoms with Crippen LogP contribution >= 0.6 is 0 Å². The molecule has 7 nitrogen and oxygen atoms in total. The van der Waals surface area contributed by atoms with E-state index in [1.807, 2.05) is 6.92 Å². The van der Waals surface area contributed by atoms with Crippen LogP contribution in [0, 0.1) is 13.8 Å². The van der Waals surface area contributed by atoms with Gasteiger partial charge in [-0.3, -0.25) is 9.48 Å². The summed E-state index contributed by atoms with van der Waals surface area (Å²) in [5.41, 5.74) is 3.04. The second-order valence-corrected chi connectivity index (χ2v) is 4.60. The van der Waals surface area contributed by atoms with E-state index in [0.717, 1.165) is 22.6 Å². The van der Waals surface area contributed by atoms with E-state index in [4.69, 9.17) is 14.4 Å². The summed E-state index contributed by atoms with van der Waals surface area (Å²) in [6, 6.07) is 1.80. The van der Waals surface area contributed by atoms with Crippen LogP contribution in [0.3, 0.4) is 0 Å². The second-order valence-electron chi connectivity index (χ2n) is 4.60. The molecule has 0 bridgehead atoms. The fraction of sp³-hybridized carbons (Fsp3) is 0.462. The summed E-state index contributed by atoms with van der Waals surface area (Å²) >= 11 is 0. The number of rotatable bonds is 6. The monoisotopic (exact) mass is 279 g/mol. The Labute approximate surface area is 116 Å². The molecule has 0 saturated carbocycles. The van der Waals surface area contributed by atoms with Crippen LogP contribution in [0.2, 0.25) is 0 Å². The average molecular weight is 279 g/mol. The summed E-state index contributed by atoms with van der Waals surface area (Å²) in [7, 11) is 1.58. The zero-order chi connectivity index (χ0) is 14.7. The van der Waals surface area contributed by atoms with E-state index in [1.165, 1.54) is 0 Å². The topological polar surface area (TPSA) is 90.4 Å². The first kappa shape index (κ1) is 14.3. The summed E-state index contributed by atoms with van der Waals surface area (Å²) in [6.45, 7) is 4.48. The van der Waals surface area contributed by atoms with Gasteiger partial charge in [0.15, 0.2) is 5.76 Å². The van der Waals surface area contributed by atoms with Crippen molar-refractivity contribution in [3.8, 4) is 0 Å². The van der Waals surface area contributed by atoms with Gasteiger partial charge in [0.05, 0.1) is 18.7 Å². The van der Waals surface area contributed by atoms with Crippen LogP contribution in [0.5, 0.6) is 0 Å². The minimum absolute atomic E-state index is 0.0224. The van der Waals surface area contributed by atoms with Crippen molar-refractivity contribution >= 4 is 5.97 Å². The Morgan fingerprint density at radius 3 is 2.90 bits per heavy atom. The highest BCUT2D eigenvalue weighted by molar-refractivity contribution is 5.70. The molecule has 0 unspecified atom stereocenters. The van der Waals surface area contributed by atoms with Gasteiger partial charge in [-0.2, -0.15) is 5.10 Å². The molecule has 108 valence electrons. The first-order valence-electron chi connectivity index (χ1n) is 6.19. The molecule has 0 aliphatic carbocycles. The fourth-order valence-electron chi connectivity index (χ4n) is 2.09. The van der Waals surface area contributed by atoms with Crippen molar-refractivity contribution in [2.45, 2.75) is 33.4 Å². The quantitative estimate of drug-likeness (QED) is 0.857. The Morgan fingerprint density at radius 1 is 1.50 bits per heavy atom. The smallest absolute Gasteiger partial charge is 0.307 e. The first-order valence-corrected chi connectivity index (χ1v) is 6.19. The number of methoxy groups -OCH3 is 1. The lowest BCUT2D eigenvalue weighted by atomic mass is 10.1. The van der Waals surface area contributed by atoms with Crippen molar-refractivity contribution < 1.29 is 19.2 Å². The molecule has 0 aromatic carbocycles. The highest BCUT2D eigenvalue weighted by atomic mass is 16.5. The van der Waals surface area contributed by atoms with Crippen LogP contribution in [-0.4, -0.2) is 33.1 Å². The maximum atomic E-state index is 10.8. The van der Waals surface area contributed by atoms with Gasteiger partial charge >= 0.3 is 5.97 Å². The van der Waals surface area contributed by atoms with E-state index in [9.17, 15) is 4.79 Å². The number of aliphatic carboxylic acids is 1. The van der Waals surface area contributed by atoms with Gasteiger partial charge in [-0.1, -0.05) is 5.16 Å². The number of aryl methyl sites for hydroxylation is 1. The summed E-state index contributed by atoms with van der Waals surface area (Å²) in [5, 5.41) is 17.2. The van der Waals surface area contributed by atoms with Gasteiger partial charge in [0.25, 0.3) is 0 Å². The molecule has 2 rings (SSSR count). The largest absolute Gasteiger partial charge is 0.481 e. The van der Waals surface area contributed by atoms with E-state index in [1.54, 1.807) is 24.8 Å². The molecule has 2 aromatic rings. The molecular weight excluding hydrogens is 262 g/mol. The van der Waals surface area contributed by atoms with Crippen molar-refractivity contribution in [3.63, 3.8) is 0 Å². The Morgan fingerprint density at radius 2 is 2.25 bits per heavy atom. The Bertz CT molecular complexity index is 615. The van der Waals surface area contributed by atoms with Crippen molar-refractivity contribution in [2.24, 2.45) is 0 Å². The van der Waals surface area contributed by atoms with Crippen LogP contribution in [-0.2, 0) is 29.1 Å². The Kier molecular flexibility index (Phi) is 4.19. The third-order valence-corrected chi connectivity index (χ3v) is 3.07. The van der Waals surface area contributed by atoms with Gasteiger partial charge < -0.3 is 14.4 Å². The minimum atomic E-state index is -0.862. The van der Waals surface area contributed by atoms with Crippen molar-refractivity contribution in [1.29, 1.82) is 0 Å². The standard InChI is InChI=1S/C13H17N3O4/c1-8-12(5-13(17)18)9(2)16(14-8)6-10-4-11(7-19-3)20-15-10/h4H,5-7H2,1-3H3,(H,17,18). The predicted octanol–water partition coefficient (Wildman–Crippen LogP) is 1.31. The fourth-order valence-corrected chi connectivity index (χ4v) is 2.09. The van der Waals surface area contributed by atoms with Gasteiger partial charge in [0.1, 0.15) is 12.3 Å². The van der Waals surface area contributed by atoms with E-state index < -0.39 is 5.97 Å². The van der Waals surface area contributed by atoms with Crippen LogP contribution in [0.15, 0.2) is 10.6 Å². The molecule has 0 atom stereocenters. The maximum absolute atomic E-state index is 10.8. The van der Waals surface area contributed by atoms with E-state index >= 15 is 0 Å². The lowest BCUT2D eigenvalue weighted by Gasteiger charge is -2.01. The molecule has 0 saturated heterocycles. The maximum Gasteiger partial charge on any atom is 0.307 e. The van der Waals surface area contributed by atoms with Crippen LogP contribution < -0.4 is 0 Å². The third-order valence-electron chi connectivity index (χ3n) is 3.07. The SMILES string of the molecule is COCc1cc(Cn2nc(C)c(CC(=O)O)c2C)no1. The lowest BCUT2D eigenvalue weighted by molar-refractivity contribution is -0.136. The first-order chi connectivity index (χ1) is 9.51. The predicted molar refractivity (Wildman–Crippen MR) is 69.4 cm³/mol. The zero-order valence-electron chi connectivity index (χ0n) is 11.7. The number of carboxylic acids is 1. The molecule has 0 radical (unpaired) electrons. The van der Waals surface area contributed by atoms with E-state index in [-0.39, 0.29) is 6.42 Å². The number of hydrogen-bond acceptors (Lipinski definition) is 5. The number of carboxylic acid groups (broad SMARTS) is 1. The molecule has 1 N–H and O–H groups in total. The number of ether oxygens (including phenoxy) is 1. The highest BCUT2D eigenvalue weighted by Crippen LogP contribution is 2.15. The van der Waals surface area contributed by atoms with Gasteiger partial charge in [0, 0.05) is 24.4 Å². The highest BCUT2D eigenvalue weighted by Gasteiger charge is 2.15. The number of nitrogens with zero attached hydrogens (tertiary/aromatic N) is 3. The Hall–Kier alpha value is -2.15. The van der Waals surface area contributed by atoms with Gasteiger partial charge in [-0.05, 0) is 13.8 Å². The van der Waals surface area contributed by atoms with Crippen molar-refractivity contribution in [2.75, 3.05) is 7.11 Å². The number of carbonyl (C=O) groups is 1. The van der Waals surface area contributed by atoms with Gasteiger partial charge in [-0.15, -0.1) is 0 Å². The molecule has 7 heteroatoms. The normalized spacial score (nSPS) is 10.9. The van der Waals surface area contributed by atoms with E-state index in [2.05, 4.69) is 10.3 Å². The minimum Gasteiger partial charge on any atom is -0.481 e. The van der Waals surface area contributed by atoms with Crippen LogP contribution in [0.4, 0.5) is 0 Å². The molecule has 0 aliphatic heterocycles. The molecule has 0 fully saturated rings. The Balaban J connectivity index is 2.18. The molecule has 20 heavy (non-hydrogen) atoms. The lowest BCUT2D eigenvalue weighted by Crippen LogP contribution is -2.06. The summed E-state index contributed by atoms with van der Waals surface area (Å²) < 4.78 is 11.8. The zero-order valence-corrected chi connectivity index (χ0v) is 11.7. The summed E-state index contributed by atoms with van der Waals surface area (Å²) in [5.74, 6) is -0.214. The molecule has 2 heterocycles. The van der Waals surface area contributed by atoms with Crippen LogP contribution in [0.25, 0.3) is 0 Å². The summed E-state index contributed by atoms with van der Waals surface area (Å²) in [6.07, 6.45) is -0.0224. The number of hydrogen-bond donors (Lipinski definition) is 1. The second kappa shape index (κ2) is 5.87. The van der Waals surface area contributed by atoms with E-state index in [0.29, 0.717) is 18.9 Å². The molecule has 2 aromatic heterocycles. The molecular formula is C13H17N3O4. The molecule has 0 aliphatic rings. The van der Waals surface area contributed by atoms with Crippen molar-refractivity contribution in [1.82, 2.24) is 14.9 Å². The molecule has 0 spiro atoms. The van der Waals surface area contributed by atoms with Gasteiger partial charge in [0.2, 0.25) is 0 Å². The van der Waals surface area contributed by atoms with Crippen LogP contribution in [0.1, 0.15) is 28.4 Å². The summed E-state index contributed by atoms with van der Waals surface area (Å²) in [4.78, 5) is 10.8. The van der Waals surface area contributed by atoms with Gasteiger partial charge in [-0.25, -0.2) is 0 Å². The molecule has 0 amide bonds.